The first-order valence-corrected chi connectivity index (χ1v) is 8.90. The number of ether oxygens (including phenoxy) is 2. The molecule has 0 radical (unpaired) electrons. The minimum atomic E-state index is -0.974. The number of carboxylic acids is 1. The van der Waals surface area contributed by atoms with E-state index in [2.05, 4.69) is 17.4 Å². The summed E-state index contributed by atoms with van der Waals surface area (Å²) < 4.78 is 11.2. The van der Waals surface area contributed by atoms with Crippen molar-refractivity contribution in [2.24, 2.45) is 0 Å². The fraction of sp³-hybridized carbons (Fsp3) is 0.333. The molecule has 2 aromatic rings. The molecule has 2 aromatic carbocycles. The molecule has 6 nitrogen and oxygen atoms in total. The van der Waals surface area contributed by atoms with Crippen LogP contribution in [-0.2, 0) is 22.4 Å². The van der Waals surface area contributed by atoms with Gasteiger partial charge < -0.3 is 19.9 Å². The lowest BCUT2D eigenvalue weighted by Gasteiger charge is -2.13. The van der Waals surface area contributed by atoms with Crippen LogP contribution in [0.15, 0.2) is 48.5 Å². The largest absolute Gasteiger partial charge is 0.493 e. The van der Waals surface area contributed by atoms with Gasteiger partial charge in [-0.25, -0.2) is 0 Å². The lowest BCUT2D eigenvalue weighted by molar-refractivity contribution is -0.138. The molecule has 0 aliphatic rings. The Bertz CT molecular complexity index is 745. The van der Waals surface area contributed by atoms with Crippen molar-refractivity contribution in [2.75, 3.05) is 20.3 Å². The lowest BCUT2D eigenvalue weighted by Crippen LogP contribution is -2.26. The summed E-state index contributed by atoms with van der Waals surface area (Å²) in [6.45, 7) is 0.976. The third-order valence-electron chi connectivity index (χ3n) is 4.02. The fourth-order valence-corrected chi connectivity index (χ4v) is 2.57. The van der Waals surface area contributed by atoms with Crippen LogP contribution in [0.1, 0.15) is 24.0 Å². The molecule has 0 fully saturated rings. The van der Waals surface area contributed by atoms with Gasteiger partial charge in [-0.15, -0.1) is 0 Å². The quantitative estimate of drug-likeness (QED) is 0.634. The number of hydrogen-bond acceptors (Lipinski definition) is 4. The Morgan fingerprint density at radius 3 is 2.44 bits per heavy atom. The highest BCUT2D eigenvalue weighted by atomic mass is 16.5. The number of carbonyl (C=O) groups is 2. The Balaban J connectivity index is 1.84. The molecule has 0 saturated heterocycles. The molecule has 0 aromatic heterocycles. The first kappa shape index (κ1) is 20.3. The third-order valence-corrected chi connectivity index (χ3v) is 4.02. The molecule has 144 valence electrons. The van der Waals surface area contributed by atoms with Crippen LogP contribution in [0.2, 0.25) is 0 Å². The Morgan fingerprint density at radius 2 is 1.74 bits per heavy atom. The number of nitrogens with one attached hydrogen (secondary N) is 1. The third kappa shape index (κ3) is 7.40. The molecule has 0 aliphatic carbocycles. The average molecular weight is 371 g/mol. The smallest absolute Gasteiger partial charge is 0.303 e. The summed E-state index contributed by atoms with van der Waals surface area (Å²) in [4.78, 5) is 22.0. The van der Waals surface area contributed by atoms with Crippen LogP contribution in [0.5, 0.6) is 11.5 Å². The van der Waals surface area contributed by atoms with Crippen LogP contribution in [0, 0.1) is 0 Å². The number of benzene rings is 2. The molecule has 0 unspecified atom stereocenters. The highest BCUT2D eigenvalue weighted by Crippen LogP contribution is 2.28. The van der Waals surface area contributed by atoms with Gasteiger partial charge in [0.25, 0.3) is 0 Å². The van der Waals surface area contributed by atoms with Gasteiger partial charge in [-0.2, -0.15) is 0 Å². The molecule has 27 heavy (non-hydrogen) atoms. The molecular weight excluding hydrogens is 346 g/mol. The Morgan fingerprint density at radius 1 is 0.963 bits per heavy atom. The summed E-state index contributed by atoms with van der Waals surface area (Å²) in [6.07, 6.45) is 1.26. The maximum absolute atomic E-state index is 11.6. The van der Waals surface area contributed by atoms with Crippen molar-refractivity contribution in [3.05, 3.63) is 59.7 Å². The summed E-state index contributed by atoms with van der Waals surface area (Å²) in [6, 6.07) is 15.8. The predicted molar refractivity (Wildman–Crippen MR) is 102 cm³/mol. The fourth-order valence-electron chi connectivity index (χ4n) is 2.57. The predicted octanol–water partition coefficient (Wildman–Crippen LogP) is 2.84. The zero-order valence-corrected chi connectivity index (χ0v) is 15.4. The van der Waals surface area contributed by atoms with E-state index in [-0.39, 0.29) is 18.7 Å². The van der Waals surface area contributed by atoms with Gasteiger partial charge in [0.2, 0.25) is 5.91 Å². The minimum Gasteiger partial charge on any atom is -0.493 e. The molecule has 2 rings (SSSR count). The van der Waals surface area contributed by atoms with E-state index < -0.39 is 5.97 Å². The Kier molecular flexibility index (Phi) is 8.16. The highest BCUT2D eigenvalue weighted by Gasteiger charge is 2.08. The van der Waals surface area contributed by atoms with E-state index in [1.54, 1.807) is 7.11 Å². The average Bonchev–Trinajstić information content (AvgIpc) is 2.67. The number of rotatable bonds is 11. The van der Waals surface area contributed by atoms with Crippen molar-refractivity contribution in [1.82, 2.24) is 5.32 Å². The van der Waals surface area contributed by atoms with Gasteiger partial charge in [0.15, 0.2) is 11.5 Å². The molecule has 0 spiro atoms. The van der Waals surface area contributed by atoms with Crippen LogP contribution >= 0.6 is 0 Å². The molecular formula is C21H25NO5. The number of carboxylic acid groups (broad SMARTS) is 1. The second-order valence-corrected chi connectivity index (χ2v) is 6.06. The number of methoxy groups -OCH3 is 1. The van der Waals surface area contributed by atoms with E-state index in [1.807, 2.05) is 36.4 Å². The lowest BCUT2D eigenvalue weighted by atomic mass is 10.1. The second kappa shape index (κ2) is 10.9. The SMILES string of the molecule is COc1ccc(CCNC(=O)CCC(=O)O)cc1OCCc1ccccc1. The Labute approximate surface area is 159 Å². The van der Waals surface area contributed by atoms with Crippen LogP contribution in [-0.4, -0.2) is 37.2 Å². The molecule has 0 bridgehead atoms. The Hall–Kier alpha value is -3.02. The van der Waals surface area contributed by atoms with Gasteiger partial charge in [0, 0.05) is 19.4 Å². The van der Waals surface area contributed by atoms with Crippen molar-refractivity contribution in [3.8, 4) is 11.5 Å². The standard InChI is InChI=1S/C21H25NO5/c1-26-18-8-7-17(11-13-22-20(23)9-10-21(24)25)15-19(18)27-14-12-16-5-3-2-4-6-16/h2-8,15H,9-14H2,1H3,(H,22,23)(H,24,25). The van der Waals surface area contributed by atoms with Crippen molar-refractivity contribution in [2.45, 2.75) is 25.7 Å². The van der Waals surface area contributed by atoms with Crippen molar-refractivity contribution < 1.29 is 24.2 Å². The number of carbonyl (C=O) groups excluding carboxylic acids is 1. The normalized spacial score (nSPS) is 10.3. The molecule has 0 atom stereocenters. The van der Waals surface area contributed by atoms with Gasteiger partial charge in [-0.1, -0.05) is 36.4 Å². The zero-order chi connectivity index (χ0) is 19.5. The number of hydrogen-bond donors (Lipinski definition) is 2. The maximum atomic E-state index is 11.6. The first-order valence-electron chi connectivity index (χ1n) is 8.90. The van der Waals surface area contributed by atoms with Gasteiger partial charge in [-0.05, 0) is 29.7 Å². The molecule has 0 saturated carbocycles. The van der Waals surface area contributed by atoms with Gasteiger partial charge in [-0.3, -0.25) is 9.59 Å². The topological polar surface area (TPSA) is 84.9 Å². The van der Waals surface area contributed by atoms with Crippen LogP contribution in [0.3, 0.4) is 0 Å². The summed E-state index contributed by atoms with van der Waals surface area (Å²) in [5.41, 5.74) is 2.21. The molecule has 1 amide bonds. The molecule has 0 aliphatic heterocycles. The monoisotopic (exact) mass is 371 g/mol. The summed E-state index contributed by atoms with van der Waals surface area (Å²) >= 11 is 0. The molecule has 2 N–H and O–H groups in total. The summed E-state index contributed by atoms with van der Waals surface area (Å²) in [5.74, 6) is 0.100. The minimum absolute atomic E-state index is 0.00814. The zero-order valence-electron chi connectivity index (χ0n) is 15.4. The summed E-state index contributed by atoms with van der Waals surface area (Å²) in [5, 5.41) is 11.3. The van der Waals surface area contributed by atoms with Crippen LogP contribution in [0.4, 0.5) is 0 Å². The van der Waals surface area contributed by atoms with Crippen LogP contribution < -0.4 is 14.8 Å². The summed E-state index contributed by atoms with van der Waals surface area (Å²) in [7, 11) is 1.60. The van der Waals surface area contributed by atoms with Crippen molar-refractivity contribution in [1.29, 1.82) is 0 Å². The molecule has 6 heteroatoms. The first-order chi connectivity index (χ1) is 13.1. The highest BCUT2D eigenvalue weighted by molar-refractivity contribution is 5.80. The second-order valence-electron chi connectivity index (χ2n) is 6.06. The van der Waals surface area contributed by atoms with E-state index in [0.717, 1.165) is 12.0 Å². The maximum Gasteiger partial charge on any atom is 0.303 e. The van der Waals surface area contributed by atoms with Gasteiger partial charge in [0.1, 0.15) is 0 Å². The van der Waals surface area contributed by atoms with E-state index in [4.69, 9.17) is 14.6 Å². The number of aliphatic carboxylic acids is 1. The van der Waals surface area contributed by atoms with Gasteiger partial charge >= 0.3 is 5.97 Å². The van der Waals surface area contributed by atoms with Gasteiger partial charge in [0.05, 0.1) is 20.1 Å². The molecule has 0 heterocycles. The van der Waals surface area contributed by atoms with E-state index in [0.29, 0.717) is 31.1 Å². The van der Waals surface area contributed by atoms with E-state index in [9.17, 15) is 9.59 Å². The van der Waals surface area contributed by atoms with Crippen molar-refractivity contribution >= 4 is 11.9 Å². The van der Waals surface area contributed by atoms with Crippen molar-refractivity contribution in [3.63, 3.8) is 0 Å². The number of amides is 1. The van der Waals surface area contributed by atoms with E-state index in [1.165, 1.54) is 5.56 Å². The van der Waals surface area contributed by atoms with Crippen LogP contribution in [0.25, 0.3) is 0 Å². The van der Waals surface area contributed by atoms with E-state index >= 15 is 0 Å².